The number of hydrogen-bond acceptors (Lipinski definition) is 5. The fraction of sp³-hybridized carbons (Fsp3) is 0.438. The van der Waals surface area contributed by atoms with Crippen LogP contribution in [0.15, 0.2) is 35.1 Å². The van der Waals surface area contributed by atoms with Gasteiger partial charge in [0.15, 0.2) is 11.5 Å². The van der Waals surface area contributed by atoms with Crippen molar-refractivity contribution >= 4 is 5.91 Å². The van der Waals surface area contributed by atoms with Gasteiger partial charge >= 0.3 is 0 Å². The van der Waals surface area contributed by atoms with Crippen molar-refractivity contribution in [2.75, 3.05) is 13.1 Å². The Bertz CT molecular complexity index is 639. The van der Waals surface area contributed by atoms with E-state index in [9.17, 15) is 4.79 Å². The van der Waals surface area contributed by atoms with Crippen LogP contribution in [0.5, 0.6) is 0 Å². The van der Waals surface area contributed by atoms with Crippen molar-refractivity contribution in [1.29, 1.82) is 0 Å². The first-order valence-electron chi connectivity index (χ1n) is 7.57. The minimum absolute atomic E-state index is 0.0885. The topological polar surface area (TPSA) is 85.2 Å². The number of aromatic nitrogens is 2. The second-order valence-electron chi connectivity index (χ2n) is 5.82. The van der Waals surface area contributed by atoms with Crippen LogP contribution in [0.1, 0.15) is 30.3 Å². The lowest BCUT2D eigenvalue weighted by molar-refractivity contribution is 0.0650. The summed E-state index contributed by atoms with van der Waals surface area (Å²) in [7, 11) is 0. The van der Waals surface area contributed by atoms with Crippen LogP contribution in [0, 0.1) is 5.92 Å². The first-order chi connectivity index (χ1) is 10.6. The summed E-state index contributed by atoms with van der Waals surface area (Å²) in [4.78, 5) is 18.3. The molecule has 3 rings (SSSR count). The second kappa shape index (κ2) is 6.27. The van der Waals surface area contributed by atoms with Crippen LogP contribution in [0.2, 0.25) is 0 Å². The molecule has 0 radical (unpaired) electrons. The Hall–Kier alpha value is -2.21. The molecule has 1 amide bonds. The van der Waals surface area contributed by atoms with Gasteiger partial charge in [-0.25, -0.2) is 0 Å². The summed E-state index contributed by atoms with van der Waals surface area (Å²) in [6, 6.07) is 5.43. The highest BCUT2D eigenvalue weighted by atomic mass is 16.5. The van der Waals surface area contributed by atoms with Crippen LogP contribution >= 0.6 is 0 Å². The van der Waals surface area contributed by atoms with Gasteiger partial charge in [0.2, 0.25) is 0 Å². The summed E-state index contributed by atoms with van der Waals surface area (Å²) in [5.74, 6) is 0.838. The Morgan fingerprint density at radius 2 is 2.23 bits per heavy atom. The van der Waals surface area contributed by atoms with Crippen molar-refractivity contribution in [1.82, 2.24) is 15.0 Å². The Morgan fingerprint density at radius 3 is 2.95 bits per heavy atom. The minimum atomic E-state index is -0.0885. The van der Waals surface area contributed by atoms with E-state index in [-0.39, 0.29) is 11.9 Å². The number of likely N-dealkylation sites (tertiary alicyclic amines) is 1. The molecular formula is C16H20N4O2. The largest absolute Gasteiger partial charge is 0.355 e. The quantitative estimate of drug-likeness (QED) is 0.936. The molecule has 3 heterocycles. The zero-order valence-electron chi connectivity index (χ0n) is 12.6. The van der Waals surface area contributed by atoms with Gasteiger partial charge in [0.25, 0.3) is 5.91 Å². The number of nitrogens with two attached hydrogens (primary N) is 1. The maximum Gasteiger partial charge on any atom is 0.276 e. The van der Waals surface area contributed by atoms with Gasteiger partial charge in [0, 0.05) is 43.2 Å². The summed E-state index contributed by atoms with van der Waals surface area (Å²) in [6.45, 7) is 3.43. The van der Waals surface area contributed by atoms with Gasteiger partial charge in [-0.15, -0.1) is 0 Å². The average molecular weight is 300 g/mol. The predicted molar refractivity (Wildman–Crippen MR) is 82.0 cm³/mol. The van der Waals surface area contributed by atoms with E-state index < -0.39 is 0 Å². The molecule has 2 aromatic heterocycles. The van der Waals surface area contributed by atoms with Crippen molar-refractivity contribution in [3.63, 3.8) is 0 Å². The van der Waals surface area contributed by atoms with E-state index in [0.717, 1.165) is 24.9 Å². The molecule has 6 heteroatoms. The lowest BCUT2D eigenvalue weighted by atomic mass is 9.92. The fourth-order valence-corrected chi connectivity index (χ4v) is 2.81. The molecule has 0 spiro atoms. The lowest BCUT2D eigenvalue weighted by Gasteiger charge is -2.34. The molecule has 0 unspecified atom stereocenters. The first kappa shape index (κ1) is 14.7. The smallest absolute Gasteiger partial charge is 0.276 e. The number of carbonyl (C=O) groups is 1. The van der Waals surface area contributed by atoms with Gasteiger partial charge in [-0.2, -0.15) is 0 Å². The van der Waals surface area contributed by atoms with Crippen molar-refractivity contribution in [3.05, 3.63) is 36.3 Å². The van der Waals surface area contributed by atoms with E-state index in [0.29, 0.717) is 23.9 Å². The molecule has 22 heavy (non-hydrogen) atoms. The monoisotopic (exact) mass is 300 g/mol. The molecular weight excluding hydrogens is 280 g/mol. The third kappa shape index (κ3) is 3.01. The number of hydrogen-bond donors (Lipinski definition) is 1. The molecule has 2 atom stereocenters. The standard InChI is InChI=1S/C16H20N4O2/c1-11(17)13-3-2-8-20(10-13)16(21)14-9-15(22-19-14)12-4-6-18-7-5-12/h4-7,9,11,13H,2-3,8,10,17H2,1H3/t11-,13-/m0/s1. The van der Waals surface area contributed by atoms with Gasteiger partial charge in [-0.1, -0.05) is 5.16 Å². The molecule has 0 bridgehead atoms. The lowest BCUT2D eigenvalue weighted by Crippen LogP contribution is -2.45. The van der Waals surface area contributed by atoms with Crippen LogP contribution in [-0.4, -0.2) is 40.1 Å². The molecule has 6 nitrogen and oxygen atoms in total. The molecule has 1 aliphatic heterocycles. The molecule has 116 valence electrons. The highest BCUT2D eigenvalue weighted by molar-refractivity contribution is 5.93. The third-order valence-corrected chi connectivity index (χ3v) is 4.18. The predicted octanol–water partition coefficient (Wildman–Crippen LogP) is 1.94. The summed E-state index contributed by atoms with van der Waals surface area (Å²) in [6.07, 6.45) is 5.41. The summed E-state index contributed by atoms with van der Waals surface area (Å²) >= 11 is 0. The molecule has 2 N–H and O–H groups in total. The van der Waals surface area contributed by atoms with Gasteiger partial charge in [0.1, 0.15) is 0 Å². The maximum absolute atomic E-state index is 12.6. The van der Waals surface area contributed by atoms with Crippen LogP contribution in [0.3, 0.4) is 0 Å². The number of piperidine rings is 1. The Morgan fingerprint density at radius 1 is 1.45 bits per heavy atom. The van der Waals surface area contributed by atoms with Crippen molar-refractivity contribution in [2.24, 2.45) is 11.7 Å². The molecule has 0 aliphatic carbocycles. The van der Waals surface area contributed by atoms with Crippen LogP contribution in [0.4, 0.5) is 0 Å². The second-order valence-corrected chi connectivity index (χ2v) is 5.82. The van der Waals surface area contributed by atoms with Crippen molar-refractivity contribution < 1.29 is 9.32 Å². The maximum atomic E-state index is 12.6. The van der Waals surface area contributed by atoms with Gasteiger partial charge < -0.3 is 15.2 Å². The number of nitrogens with zero attached hydrogens (tertiary/aromatic N) is 3. The molecule has 1 saturated heterocycles. The Balaban J connectivity index is 1.74. The van der Waals surface area contributed by atoms with E-state index in [4.69, 9.17) is 10.3 Å². The third-order valence-electron chi connectivity index (χ3n) is 4.18. The van der Waals surface area contributed by atoms with E-state index >= 15 is 0 Å². The van der Waals surface area contributed by atoms with Gasteiger partial charge in [-0.05, 0) is 37.8 Å². The van der Waals surface area contributed by atoms with Crippen LogP contribution < -0.4 is 5.73 Å². The van der Waals surface area contributed by atoms with E-state index in [1.165, 1.54) is 0 Å². The fourth-order valence-electron chi connectivity index (χ4n) is 2.81. The van der Waals surface area contributed by atoms with E-state index in [1.54, 1.807) is 18.5 Å². The van der Waals surface area contributed by atoms with Crippen molar-refractivity contribution in [3.8, 4) is 11.3 Å². The minimum Gasteiger partial charge on any atom is -0.355 e. The zero-order valence-corrected chi connectivity index (χ0v) is 12.6. The SMILES string of the molecule is C[C@H](N)[C@H]1CCCN(C(=O)c2cc(-c3ccncc3)on2)C1. The number of rotatable bonds is 3. The summed E-state index contributed by atoms with van der Waals surface area (Å²) in [5, 5.41) is 3.92. The molecule has 0 saturated carbocycles. The normalized spacial score (nSPS) is 19.9. The van der Waals surface area contributed by atoms with Gasteiger partial charge in [-0.3, -0.25) is 9.78 Å². The van der Waals surface area contributed by atoms with E-state index in [2.05, 4.69) is 10.1 Å². The zero-order chi connectivity index (χ0) is 15.5. The highest BCUT2D eigenvalue weighted by Gasteiger charge is 2.28. The molecule has 1 fully saturated rings. The number of carbonyl (C=O) groups excluding carboxylic acids is 1. The molecule has 1 aliphatic rings. The average Bonchev–Trinajstić information content (AvgIpc) is 3.05. The summed E-state index contributed by atoms with van der Waals surface area (Å²) in [5.41, 5.74) is 7.17. The number of amides is 1. The Kier molecular flexibility index (Phi) is 4.20. The van der Waals surface area contributed by atoms with E-state index in [1.807, 2.05) is 24.0 Å². The highest BCUT2D eigenvalue weighted by Crippen LogP contribution is 2.23. The first-order valence-corrected chi connectivity index (χ1v) is 7.57. The van der Waals surface area contributed by atoms with Crippen molar-refractivity contribution in [2.45, 2.75) is 25.8 Å². The number of pyridine rings is 1. The molecule has 2 aromatic rings. The Labute approximate surface area is 129 Å². The molecule has 0 aromatic carbocycles. The van der Waals surface area contributed by atoms with Crippen LogP contribution in [-0.2, 0) is 0 Å². The van der Waals surface area contributed by atoms with Crippen LogP contribution in [0.25, 0.3) is 11.3 Å². The van der Waals surface area contributed by atoms with Gasteiger partial charge in [0.05, 0.1) is 0 Å². The summed E-state index contributed by atoms with van der Waals surface area (Å²) < 4.78 is 5.29.